The first-order valence-electron chi connectivity index (χ1n) is 5.41. The van der Waals surface area contributed by atoms with Gasteiger partial charge in [0.15, 0.2) is 0 Å². The highest BCUT2D eigenvalue weighted by atomic mass is 35.5. The number of allylic oxidation sites excluding steroid dienone is 1. The topological polar surface area (TPSA) is 46.6 Å². The molecule has 1 aliphatic heterocycles. The second kappa shape index (κ2) is 4.82. The van der Waals surface area contributed by atoms with E-state index < -0.39 is 5.97 Å². The number of carbonyl (C=O) groups excluding carboxylic acids is 2. The number of esters is 1. The third-order valence-corrected chi connectivity index (χ3v) is 3.12. The van der Waals surface area contributed by atoms with Crippen molar-refractivity contribution in [3.63, 3.8) is 0 Å². The molecule has 0 bridgehead atoms. The summed E-state index contributed by atoms with van der Waals surface area (Å²) in [6, 6.07) is 6.88. The molecular weight excluding hydrogens is 254 g/mol. The number of methoxy groups -OCH3 is 1. The highest BCUT2D eigenvalue weighted by Gasteiger charge is 2.32. The van der Waals surface area contributed by atoms with Crippen LogP contribution in [0.5, 0.6) is 0 Å². The van der Waals surface area contributed by atoms with E-state index in [1.54, 1.807) is 31.2 Å². The molecule has 1 heterocycles. The maximum atomic E-state index is 11.9. The first kappa shape index (κ1) is 12.6. The Bertz CT molecular complexity index is 534. The summed E-state index contributed by atoms with van der Waals surface area (Å²) in [6.07, 6.45) is 0.0706. The molecule has 0 radical (unpaired) electrons. The van der Waals surface area contributed by atoms with Crippen LogP contribution in [0.4, 0.5) is 5.69 Å². The van der Waals surface area contributed by atoms with Crippen LogP contribution in [0.2, 0.25) is 5.02 Å². The largest absolute Gasteiger partial charge is 0.466 e. The van der Waals surface area contributed by atoms with Crippen molar-refractivity contribution in [1.29, 1.82) is 0 Å². The summed E-state index contributed by atoms with van der Waals surface area (Å²) >= 11 is 5.80. The zero-order valence-electron chi connectivity index (χ0n) is 10.1. The maximum absolute atomic E-state index is 11.9. The third-order valence-electron chi connectivity index (χ3n) is 2.87. The molecule has 1 amide bonds. The summed E-state index contributed by atoms with van der Waals surface area (Å²) in [5, 5.41) is 0.597. The number of carbonyl (C=O) groups is 2. The predicted molar refractivity (Wildman–Crippen MR) is 68.3 cm³/mol. The monoisotopic (exact) mass is 265 g/mol. The van der Waals surface area contributed by atoms with Crippen molar-refractivity contribution in [2.24, 2.45) is 0 Å². The van der Waals surface area contributed by atoms with Crippen molar-refractivity contribution in [3.05, 3.63) is 40.6 Å². The van der Waals surface area contributed by atoms with Crippen molar-refractivity contribution in [3.8, 4) is 0 Å². The van der Waals surface area contributed by atoms with E-state index in [-0.39, 0.29) is 12.3 Å². The van der Waals surface area contributed by atoms with Crippen LogP contribution in [-0.2, 0) is 14.3 Å². The molecular formula is C13H12ClNO3. The van der Waals surface area contributed by atoms with Crippen LogP contribution >= 0.6 is 11.6 Å². The van der Waals surface area contributed by atoms with E-state index in [0.29, 0.717) is 22.0 Å². The van der Waals surface area contributed by atoms with E-state index in [0.717, 1.165) is 0 Å². The minimum atomic E-state index is -0.461. The Labute approximate surface area is 110 Å². The molecule has 0 aliphatic carbocycles. The number of amides is 1. The van der Waals surface area contributed by atoms with Crippen molar-refractivity contribution in [2.45, 2.75) is 13.3 Å². The van der Waals surface area contributed by atoms with Gasteiger partial charge < -0.3 is 4.74 Å². The number of benzene rings is 1. The summed E-state index contributed by atoms with van der Waals surface area (Å²) in [6.45, 7) is 1.73. The van der Waals surface area contributed by atoms with Crippen LogP contribution in [0, 0.1) is 0 Å². The number of ether oxygens (including phenoxy) is 1. The molecule has 0 atom stereocenters. The Morgan fingerprint density at radius 2 is 1.94 bits per heavy atom. The number of hydrogen-bond acceptors (Lipinski definition) is 3. The number of nitrogens with zero attached hydrogens (tertiary/aromatic N) is 1. The zero-order chi connectivity index (χ0) is 13.3. The Hall–Kier alpha value is -1.81. The summed E-state index contributed by atoms with van der Waals surface area (Å²) in [5.74, 6) is -0.604. The van der Waals surface area contributed by atoms with Gasteiger partial charge in [-0.3, -0.25) is 9.69 Å². The van der Waals surface area contributed by atoms with Crippen LogP contribution in [0.3, 0.4) is 0 Å². The number of rotatable bonds is 2. The van der Waals surface area contributed by atoms with Gasteiger partial charge in [0.2, 0.25) is 5.91 Å². The van der Waals surface area contributed by atoms with E-state index in [9.17, 15) is 9.59 Å². The van der Waals surface area contributed by atoms with Gasteiger partial charge in [0.25, 0.3) is 0 Å². The lowest BCUT2D eigenvalue weighted by molar-refractivity contribution is -0.136. The van der Waals surface area contributed by atoms with Gasteiger partial charge in [0.05, 0.1) is 19.1 Å². The van der Waals surface area contributed by atoms with E-state index in [4.69, 9.17) is 11.6 Å². The fourth-order valence-corrected chi connectivity index (χ4v) is 2.08. The van der Waals surface area contributed by atoms with Crippen LogP contribution in [0.25, 0.3) is 0 Å². The molecule has 0 N–H and O–H groups in total. The molecule has 0 spiro atoms. The first-order valence-corrected chi connectivity index (χ1v) is 5.79. The summed E-state index contributed by atoms with van der Waals surface area (Å²) < 4.78 is 4.66. The van der Waals surface area contributed by atoms with Gasteiger partial charge in [-0.2, -0.15) is 0 Å². The number of halogens is 1. The standard InChI is InChI=1S/C13H12ClNO3/c1-8-11(13(17)18-2)7-12(16)15(8)10-5-3-9(14)4-6-10/h3-6H,7H2,1-2H3. The van der Waals surface area contributed by atoms with Crippen molar-refractivity contribution >= 4 is 29.2 Å². The number of anilines is 1. The molecule has 4 nitrogen and oxygen atoms in total. The quantitative estimate of drug-likeness (QED) is 0.772. The molecule has 18 heavy (non-hydrogen) atoms. The molecule has 0 fully saturated rings. The van der Waals surface area contributed by atoms with Gasteiger partial charge in [-0.25, -0.2) is 4.79 Å². The molecule has 1 aliphatic rings. The normalized spacial score (nSPS) is 15.3. The Balaban J connectivity index is 2.39. The van der Waals surface area contributed by atoms with Crippen molar-refractivity contribution in [2.75, 3.05) is 12.0 Å². The fourth-order valence-electron chi connectivity index (χ4n) is 1.95. The molecule has 94 valence electrons. The Morgan fingerprint density at radius 1 is 1.33 bits per heavy atom. The molecule has 0 saturated heterocycles. The number of hydrogen-bond donors (Lipinski definition) is 0. The van der Waals surface area contributed by atoms with E-state index in [2.05, 4.69) is 4.74 Å². The van der Waals surface area contributed by atoms with Gasteiger partial charge >= 0.3 is 5.97 Å². The average molecular weight is 266 g/mol. The fraction of sp³-hybridized carbons (Fsp3) is 0.231. The van der Waals surface area contributed by atoms with Crippen LogP contribution < -0.4 is 4.90 Å². The van der Waals surface area contributed by atoms with Crippen LogP contribution in [0.15, 0.2) is 35.5 Å². The minimum Gasteiger partial charge on any atom is -0.466 e. The van der Waals surface area contributed by atoms with Gasteiger partial charge in [0.1, 0.15) is 0 Å². The second-order valence-corrected chi connectivity index (χ2v) is 4.37. The molecule has 5 heteroatoms. The van der Waals surface area contributed by atoms with Gasteiger partial charge in [-0.1, -0.05) is 11.6 Å². The highest BCUT2D eigenvalue weighted by Crippen LogP contribution is 2.31. The van der Waals surface area contributed by atoms with E-state index in [1.807, 2.05) is 0 Å². The lowest BCUT2D eigenvalue weighted by atomic mass is 10.2. The van der Waals surface area contributed by atoms with Crippen LogP contribution in [-0.4, -0.2) is 19.0 Å². The molecule has 0 aromatic heterocycles. The SMILES string of the molecule is COC(=O)C1=C(C)N(c2ccc(Cl)cc2)C(=O)C1. The van der Waals surface area contributed by atoms with E-state index in [1.165, 1.54) is 12.0 Å². The molecule has 0 unspecified atom stereocenters. The zero-order valence-corrected chi connectivity index (χ0v) is 10.8. The van der Waals surface area contributed by atoms with Crippen molar-refractivity contribution < 1.29 is 14.3 Å². The Kier molecular flexibility index (Phi) is 3.39. The van der Waals surface area contributed by atoms with Gasteiger partial charge in [0, 0.05) is 16.4 Å². The van der Waals surface area contributed by atoms with Gasteiger partial charge in [-0.05, 0) is 31.2 Å². The Morgan fingerprint density at radius 3 is 2.50 bits per heavy atom. The lowest BCUT2D eigenvalue weighted by Gasteiger charge is -2.18. The predicted octanol–water partition coefficient (Wildman–Crippen LogP) is 2.52. The summed E-state index contributed by atoms with van der Waals surface area (Å²) in [5.41, 5.74) is 1.70. The van der Waals surface area contributed by atoms with Gasteiger partial charge in [-0.15, -0.1) is 0 Å². The smallest absolute Gasteiger partial charge is 0.336 e. The molecule has 1 aromatic carbocycles. The van der Waals surface area contributed by atoms with Crippen LogP contribution in [0.1, 0.15) is 13.3 Å². The molecule has 0 saturated carbocycles. The van der Waals surface area contributed by atoms with E-state index >= 15 is 0 Å². The highest BCUT2D eigenvalue weighted by molar-refractivity contribution is 6.30. The lowest BCUT2D eigenvalue weighted by Crippen LogP contribution is -2.23. The first-order chi connectivity index (χ1) is 8.54. The molecule has 2 rings (SSSR count). The minimum absolute atomic E-state index is 0.0706. The second-order valence-electron chi connectivity index (χ2n) is 3.94. The maximum Gasteiger partial charge on any atom is 0.336 e. The van der Waals surface area contributed by atoms with Crippen molar-refractivity contribution in [1.82, 2.24) is 0 Å². The third kappa shape index (κ3) is 2.11. The molecule has 1 aromatic rings. The summed E-state index contributed by atoms with van der Waals surface area (Å²) in [7, 11) is 1.30. The summed E-state index contributed by atoms with van der Waals surface area (Å²) in [4.78, 5) is 25.0. The average Bonchev–Trinajstić information content (AvgIpc) is 2.65.